The van der Waals surface area contributed by atoms with E-state index >= 15 is 0 Å². The molecule has 1 fully saturated rings. The highest BCUT2D eigenvalue weighted by atomic mass is 19.4. The number of benzene rings is 2. The van der Waals surface area contributed by atoms with E-state index in [9.17, 15) is 27.9 Å². The molecule has 0 radical (unpaired) electrons. The Balaban J connectivity index is 2.13. The summed E-state index contributed by atoms with van der Waals surface area (Å²) >= 11 is 0. The number of carbonyl (C=O) groups excluding carboxylic acids is 2. The molecule has 3 rings (SSSR count). The van der Waals surface area contributed by atoms with E-state index in [-0.39, 0.29) is 5.56 Å². The van der Waals surface area contributed by atoms with Crippen LogP contribution in [-0.2, 0) is 6.42 Å². The van der Waals surface area contributed by atoms with Crippen molar-refractivity contribution in [1.82, 2.24) is 10.6 Å². The van der Waals surface area contributed by atoms with E-state index in [2.05, 4.69) is 5.32 Å². The molecule has 3 atom stereocenters. The van der Waals surface area contributed by atoms with Crippen LogP contribution in [0.2, 0.25) is 0 Å². The van der Waals surface area contributed by atoms with Crippen LogP contribution in [0.15, 0.2) is 48.5 Å². The van der Waals surface area contributed by atoms with Gasteiger partial charge in [0.2, 0.25) is 5.72 Å². The molecule has 2 aromatic rings. The number of hydrogen-bond acceptors (Lipinski definition) is 3. The molecule has 1 aliphatic rings. The van der Waals surface area contributed by atoms with Crippen molar-refractivity contribution in [3.63, 3.8) is 0 Å². The number of nitrogens with one attached hydrogen (secondary N) is 2. The molecule has 1 heterocycles. The summed E-state index contributed by atoms with van der Waals surface area (Å²) in [4.78, 5) is 25.1. The fraction of sp³-hybridized carbons (Fsp3) is 0.333. The third-order valence-corrected chi connectivity index (χ3v) is 5.17. The van der Waals surface area contributed by atoms with Crippen LogP contribution in [0.4, 0.5) is 18.0 Å². The molecule has 0 spiro atoms. The van der Waals surface area contributed by atoms with E-state index in [0.717, 1.165) is 17.5 Å². The molecular formula is C21H21F3N2O3. The lowest BCUT2D eigenvalue weighted by Gasteiger charge is -2.45. The summed E-state index contributed by atoms with van der Waals surface area (Å²) in [6.07, 6.45) is -4.55. The van der Waals surface area contributed by atoms with E-state index in [1.54, 1.807) is 43.3 Å². The summed E-state index contributed by atoms with van der Waals surface area (Å²) in [5.41, 5.74) is -1.64. The molecule has 154 valence electrons. The Kier molecular flexibility index (Phi) is 5.40. The van der Waals surface area contributed by atoms with Gasteiger partial charge in [-0.05, 0) is 24.5 Å². The number of rotatable bonds is 4. The van der Waals surface area contributed by atoms with Crippen LogP contribution in [-0.4, -0.2) is 28.8 Å². The van der Waals surface area contributed by atoms with Crippen molar-refractivity contribution >= 4 is 11.8 Å². The number of halogens is 3. The first-order valence-corrected chi connectivity index (χ1v) is 9.14. The Morgan fingerprint density at radius 2 is 1.69 bits per heavy atom. The van der Waals surface area contributed by atoms with Gasteiger partial charge in [-0.25, -0.2) is 4.79 Å². The van der Waals surface area contributed by atoms with E-state index in [1.165, 1.54) is 17.4 Å². The van der Waals surface area contributed by atoms with Gasteiger partial charge in [-0.1, -0.05) is 61.0 Å². The zero-order chi connectivity index (χ0) is 21.4. The number of aliphatic hydroxyl groups is 1. The van der Waals surface area contributed by atoms with Gasteiger partial charge in [0, 0.05) is 5.56 Å². The van der Waals surface area contributed by atoms with E-state index < -0.39 is 35.7 Å². The van der Waals surface area contributed by atoms with Crippen LogP contribution in [0.1, 0.15) is 40.0 Å². The van der Waals surface area contributed by atoms with Crippen LogP contribution in [0.5, 0.6) is 0 Å². The maximum absolute atomic E-state index is 13.9. The molecule has 2 amide bonds. The van der Waals surface area contributed by atoms with Gasteiger partial charge in [-0.3, -0.25) is 4.79 Å². The molecular weight excluding hydrogens is 385 g/mol. The van der Waals surface area contributed by atoms with E-state index in [0.29, 0.717) is 5.56 Å². The number of aryl methyl sites for hydroxylation is 2. The van der Waals surface area contributed by atoms with Crippen molar-refractivity contribution in [1.29, 1.82) is 0 Å². The van der Waals surface area contributed by atoms with Crippen LogP contribution >= 0.6 is 0 Å². The van der Waals surface area contributed by atoms with Crippen LogP contribution in [0.3, 0.4) is 0 Å². The number of alkyl halides is 3. The van der Waals surface area contributed by atoms with Gasteiger partial charge in [-0.15, -0.1) is 0 Å². The standard InChI is InChI=1S/C21H21F3N2O3/c1-3-13-6-10-14(11-7-13)17-16(18(27)15-8-4-12(2)5-9-15)20(29,21(22,23)24)26-19(28)25-17/h4-11,16-17,29H,3H2,1-2H3,(H2,25,26,28)/t16-,17-,20+/m0/s1. The zero-order valence-electron chi connectivity index (χ0n) is 15.9. The second kappa shape index (κ2) is 7.51. The second-order valence-corrected chi connectivity index (χ2v) is 7.14. The number of ketones is 1. The molecule has 3 N–H and O–H groups in total. The van der Waals surface area contributed by atoms with Crippen LogP contribution in [0.25, 0.3) is 0 Å². The molecule has 1 aliphatic heterocycles. The Morgan fingerprint density at radius 3 is 2.21 bits per heavy atom. The summed E-state index contributed by atoms with van der Waals surface area (Å²) in [5, 5.41) is 14.4. The maximum Gasteiger partial charge on any atom is 0.437 e. The van der Waals surface area contributed by atoms with Crippen molar-refractivity contribution in [2.24, 2.45) is 5.92 Å². The molecule has 0 bridgehead atoms. The maximum atomic E-state index is 13.9. The van der Waals surface area contributed by atoms with Crippen molar-refractivity contribution in [3.05, 3.63) is 70.8 Å². The van der Waals surface area contributed by atoms with Gasteiger partial charge in [0.1, 0.15) is 5.92 Å². The fourth-order valence-corrected chi connectivity index (χ4v) is 3.47. The largest absolute Gasteiger partial charge is 0.437 e. The molecule has 5 nitrogen and oxygen atoms in total. The zero-order valence-corrected chi connectivity index (χ0v) is 15.9. The minimum absolute atomic E-state index is 0.0106. The van der Waals surface area contributed by atoms with Gasteiger partial charge < -0.3 is 15.7 Å². The quantitative estimate of drug-likeness (QED) is 0.678. The average Bonchev–Trinajstić information content (AvgIpc) is 2.67. The van der Waals surface area contributed by atoms with Crippen molar-refractivity contribution in [2.45, 2.75) is 38.2 Å². The Morgan fingerprint density at radius 1 is 1.10 bits per heavy atom. The summed E-state index contributed by atoms with van der Waals surface area (Å²) < 4.78 is 41.6. The number of hydrogen-bond donors (Lipinski definition) is 3. The third-order valence-electron chi connectivity index (χ3n) is 5.17. The van der Waals surface area contributed by atoms with Crippen molar-refractivity contribution < 1.29 is 27.9 Å². The highest BCUT2D eigenvalue weighted by Crippen LogP contribution is 2.44. The smallest absolute Gasteiger partial charge is 0.363 e. The summed E-state index contributed by atoms with van der Waals surface area (Å²) in [6.45, 7) is 3.70. The molecule has 1 saturated heterocycles. The highest BCUT2D eigenvalue weighted by molar-refractivity contribution is 6.00. The second-order valence-electron chi connectivity index (χ2n) is 7.14. The average molecular weight is 406 g/mol. The number of urea groups is 1. The minimum Gasteiger partial charge on any atom is -0.363 e. The first kappa shape index (κ1) is 20.9. The lowest BCUT2D eigenvalue weighted by molar-refractivity contribution is -0.287. The van der Waals surface area contributed by atoms with E-state index in [1.807, 2.05) is 6.92 Å². The Bertz CT molecular complexity index is 910. The molecule has 2 aromatic carbocycles. The highest BCUT2D eigenvalue weighted by Gasteiger charge is 2.66. The van der Waals surface area contributed by atoms with Gasteiger partial charge in [0.05, 0.1) is 6.04 Å². The number of amides is 2. The lowest BCUT2D eigenvalue weighted by Crippen LogP contribution is -2.72. The van der Waals surface area contributed by atoms with Crippen LogP contribution < -0.4 is 10.6 Å². The Hall–Kier alpha value is -2.87. The first-order valence-electron chi connectivity index (χ1n) is 9.14. The van der Waals surface area contributed by atoms with Gasteiger partial charge in [-0.2, -0.15) is 13.2 Å². The van der Waals surface area contributed by atoms with Gasteiger partial charge in [0.15, 0.2) is 5.78 Å². The normalized spacial score (nSPS) is 24.6. The molecule has 0 unspecified atom stereocenters. The molecule has 0 aliphatic carbocycles. The van der Waals surface area contributed by atoms with Crippen molar-refractivity contribution in [2.75, 3.05) is 0 Å². The monoisotopic (exact) mass is 406 g/mol. The molecule has 29 heavy (non-hydrogen) atoms. The third kappa shape index (κ3) is 3.85. The lowest BCUT2D eigenvalue weighted by atomic mass is 9.77. The molecule has 0 aromatic heterocycles. The predicted octanol–water partition coefficient (Wildman–Crippen LogP) is 3.66. The summed E-state index contributed by atoms with van der Waals surface area (Å²) in [5.74, 6) is -2.95. The SMILES string of the molecule is CCc1ccc([C@@H]2NC(=O)N[C@](O)(C(F)(F)F)[C@@H]2C(=O)c2ccc(C)cc2)cc1. The fourth-order valence-electron chi connectivity index (χ4n) is 3.47. The first-order chi connectivity index (χ1) is 13.6. The predicted molar refractivity (Wildman–Crippen MR) is 100 cm³/mol. The molecule has 0 saturated carbocycles. The minimum atomic E-state index is -5.27. The Labute approximate surface area is 165 Å². The van der Waals surface area contributed by atoms with Gasteiger partial charge in [0.25, 0.3) is 0 Å². The van der Waals surface area contributed by atoms with Crippen molar-refractivity contribution in [3.8, 4) is 0 Å². The topological polar surface area (TPSA) is 78.4 Å². The molecule has 8 heteroatoms. The van der Waals surface area contributed by atoms with E-state index in [4.69, 9.17) is 0 Å². The van der Waals surface area contributed by atoms with Crippen LogP contribution in [0, 0.1) is 12.8 Å². The summed E-state index contributed by atoms with van der Waals surface area (Å²) in [7, 11) is 0. The summed E-state index contributed by atoms with van der Waals surface area (Å²) in [6, 6.07) is 9.97. The van der Waals surface area contributed by atoms with Gasteiger partial charge >= 0.3 is 12.2 Å². The number of Topliss-reactive ketones (excluding diaryl/α,β-unsaturated/α-hetero) is 1. The number of carbonyl (C=O) groups is 2.